The van der Waals surface area contributed by atoms with Crippen LogP contribution in [0.3, 0.4) is 0 Å². The first kappa shape index (κ1) is 23.0. The Morgan fingerprint density at radius 3 is 2.44 bits per heavy atom. The van der Waals surface area contributed by atoms with Crippen LogP contribution in [-0.2, 0) is 0 Å². The highest BCUT2D eigenvalue weighted by Crippen LogP contribution is 2.20. The lowest BCUT2D eigenvalue weighted by Crippen LogP contribution is -2.46. The van der Waals surface area contributed by atoms with Crippen molar-refractivity contribution in [2.45, 2.75) is 52.0 Å². The summed E-state index contributed by atoms with van der Waals surface area (Å²) < 4.78 is 0. The summed E-state index contributed by atoms with van der Waals surface area (Å²) >= 11 is 0. The molecule has 1 unspecified atom stereocenters. The van der Waals surface area contributed by atoms with Gasteiger partial charge < -0.3 is 15.1 Å². The minimum absolute atomic E-state index is 0. The van der Waals surface area contributed by atoms with E-state index in [0.29, 0.717) is 6.04 Å². The van der Waals surface area contributed by atoms with E-state index >= 15 is 0 Å². The molecular weight excluding hydrogens is 425 g/mol. The van der Waals surface area contributed by atoms with Crippen molar-refractivity contribution < 1.29 is 0 Å². The first-order valence-electron chi connectivity index (χ1n) is 10.1. The van der Waals surface area contributed by atoms with Crippen molar-refractivity contribution in [3.05, 3.63) is 0 Å². The van der Waals surface area contributed by atoms with Gasteiger partial charge in [0, 0.05) is 33.2 Å². The molecule has 0 bridgehead atoms. The molecule has 1 N–H and O–H groups in total. The first-order chi connectivity index (χ1) is 11.7. The first-order valence-corrected chi connectivity index (χ1v) is 10.1. The predicted molar refractivity (Wildman–Crippen MR) is 119 cm³/mol. The van der Waals surface area contributed by atoms with Gasteiger partial charge in [0.05, 0.1) is 0 Å². The number of aliphatic imine (C=N–C) groups is 1. The molecule has 0 aliphatic carbocycles. The second-order valence-electron chi connectivity index (χ2n) is 7.45. The summed E-state index contributed by atoms with van der Waals surface area (Å²) in [5.74, 6) is 1.94. The summed E-state index contributed by atoms with van der Waals surface area (Å²) in [6, 6.07) is 0.692. The fourth-order valence-electron chi connectivity index (χ4n) is 4.28. The van der Waals surface area contributed by atoms with E-state index in [-0.39, 0.29) is 24.0 Å². The molecule has 0 aromatic heterocycles. The number of nitrogens with one attached hydrogen (secondary N) is 1. The molecule has 0 spiro atoms. The number of likely N-dealkylation sites (N-methyl/N-ethyl adjacent to an activating group) is 2. The molecule has 2 aliphatic rings. The standard InChI is InChI=1S/C19H39N5.HI/c1-5-23-14-10-17(11-15-23)9-12-21-19(20-3)22(4)16-18-8-7-13-24(18)6-2;/h17-18H,5-16H2,1-4H3,(H,20,21);1H. The second-order valence-corrected chi connectivity index (χ2v) is 7.45. The molecule has 0 amide bonds. The molecule has 2 aliphatic heterocycles. The van der Waals surface area contributed by atoms with E-state index in [9.17, 15) is 0 Å². The van der Waals surface area contributed by atoms with Gasteiger partial charge in [-0.25, -0.2) is 0 Å². The van der Waals surface area contributed by atoms with Crippen LogP contribution >= 0.6 is 24.0 Å². The number of rotatable bonds is 7. The normalized spacial score (nSPS) is 23.5. The maximum atomic E-state index is 4.49. The van der Waals surface area contributed by atoms with Crippen molar-refractivity contribution in [1.82, 2.24) is 20.0 Å². The summed E-state index contributed by atoms with van der Waals surface area (Å²) in [4.78, 5) is 12.0. The maximum Gasteiger partial charge on any atom is 0.193 e. The van der Waals surface area contributed by atoms with Crippen LogP contribution in [0.15, 0.2) is 4.99 Å². The third-order valence-corrected chi connectivity index (χ3v) is 5.95. The van der Waals surface area contributed by atoms with E-state index < -0.39 is 0 Å². The molecule has 2 saturated heterocycles. The molecular formula is C19H40IN5. The average molecular weight is 465 g/mol. The quantitative estimate of drug-likeness (QED) is 0.356. The van der Waals surface area contributed by atoms with Crippen molar-refractivity contribution in [1.29, 1.82) is 0 Å². The van der Waals surface area contributed by atoms with Gasteiger partial charge in [0.15, 0.2) is 5.96 Å². The number of nitrogens with zero attached hydrogens (tertiary/aromatic N) is 4. The van der Waals surface area contributed by atoms with Crippen LogP contribution in [0.5, 0.6) is 0 Å². The highest BCUT2D eigenvalue weighted by Gasteiger charge is 2.25. The van der Waals surface area contributed by atoms with Crippen molar-refractivity contribution in [3.63, 3.8) is 0 Å². The summed E-state index contributed by atoms with van der Waals surface area (Å²) in [7, 11) is 4.09. The second kappa shape index (κ2) is 12.3. The van der Waals surface area contributed by atoms with Gasteiger partial charge in [0.25, 0.3) is 0 Å². The van der Waals surface area contributed by atoms with Crippen molar-refractivity contribution >= 4 is 29.9 Å². The SMILES string of the molecule is CCN1CCC(CCNC(=NC)N(C)CC2CCCN2CC)CC1.I. The molecule has 5 nitrogen and oxygen atoms in total. The lowest BCUT2D eigenvalue weighted by Gasteiger charge is -2.32. The van der Waals surface area contributed by atoms with Crippen LogP contribution in [0, 0.1) is 5.92 Å². The van der Waals surface area contributed by atoms with Gasteiger partial charge in [-0.1, -0.05) is 13.8 Å². The van der Waals surface area contributed by atoms with Crippen LogP contribution < -0.4 is 5.32 Å². The zero-order chi connectivity index (χ0) is 17.4. The Morgan fingerprint density at radius 1 is 1.12 bits per heavy atom. The molecule has 0 aromatic carbocycles. The van der Waals surface area contributed by atoms with E-state index in [1.165, 1.54) is 64.8 Å². The Hall–Kier alpha value is -0.0800. The lowest BCUT2D eigenvalue weighted by molar-refractivity contribution is 0.187. The Labute approximate surface area is 172 Å². The van der Waals surface area contributed by atoms with E-state index in [1.54, 1.807) is 0 Å². The third kappa shape index (κ3) is 7.21. The van der Waals surface area contributed by atoms with Gasteiger partial charge >= 0.3 is 0 Å². The topological polar surface area (TPSA) is 34.1 Å². The third-order valence-electron chi connectivity index (χ3n) is 5.95. The van der Waals surface area contributed by atoms with Crippen molar-refractivity contribution in [2.24, 2.45) is 10.9 Å². The summed E-state index contributed by atoms with van der Waals surface area (Å²) in [6.45, 7) is 12.9. The van der Waals surface area contributed by atoms with Gasteiger partial charge in [-0.2, -0.15) is 0 Å². The van der Waals surface area contributed by atoms with Gasteiger partial charge in [-0.05, 0) is 70.7 Å². The Morgan fingerprint density at radius 2 is 1.84 bits per heavy atom. The van der Waals surface area contributed by atoms with Gasteiger partial charge in [0.1, 0.15) is 0 Å². The van der Waals surface area contributed by atoms with Crippen LogP contribution in [-0.4, -0.2) is 86.6 Å². The molecule has 1 atom stereocenters. The maximum absolute atomic E-state index is 4.49. The highest BCUT2D eigenvalue weighted by atomic mass is 127. The van der Waals surface area contributed by atoms with E-state index in [4.69, 9.17) is 0 Å². The Kier molecular flexibility index (Phi) is 11.3. The van der Waals surface area contributed by atoms with E-state index in [2.05, 4.69) is 45.9 Å². The Balaban J connectivity index is 0.00000312. The van der Waals surface area contributed by atoms with Gasteiger partial charge in [-0.3, -0.25) is 9.89 Å². The number of likely N-dealkylation sites (tertiary alicyclic amines) is 2. The molecule has 148 valence electrons. The summed E-state index contributed by atoms with van der Waals surface area (Å²) in [6.07, 6.45) is 6.66. The lowest BCUT2D eigenvalue weighted by atomic mass is 9.93. The van der Waals surface area contributed by atoms with Gasteiger partial charge in [0.2, 0.25) is 0 Å². The molecule has 0 aromatic rings. The molecule has 6 heteroatoms. The highest BCUT2D eigenvalue weighted by molar-refractivity contribution is 14.0. The number of halogens is 1. The molecule has 0 saturated carbocycles. The number of piperidine rings is 1. The van der Waals surface area contributed by atoms with Crippen LogP contribution in [0.2, 0.25) is 0 Å². The summed E-state index contributed by atoms with van der Waals surface area (Å²) in [5.41, 5.74) is 0. The smallest absolute Gasteiger partial charge is 0.193 e. The van der Waals surface area contributed by atoms with Gasteiger partial charge in [-0.15, -0.1) is 24.0 Å². The number of guanidine groups is 1. The molecule has 2 rings (SSSR count). The molecule has 2 heterocycles. The zero-order valence-electron chi connectivity index (χ0n) is 16.8. The fourth-order valence-corrected chi connectivity index (χ4v) is 4.28. The Bertz CT molecular complexity index is 382. The van der Waals surface area contributed by atoms with Crippen LogP contribution in [0.25, 0.3) is 0 Å². The summed E-state index contributed by atoms with van der Waals surface area (Å²) in [5, 5.41) is 3.59. The van der Waals surface area contributed by atoms with Crippen molar-refractivity contribution in [2.75, 3.05) is 59.9 Å². The van der Waals surface area contributed by atoms with E-state index in [0.717, 1.165) is 25.0 Å². The van der Waals surface area contributed by atoms with E-state index in [1.807, 2.05) is 7.05 Å². The minimum atomic E-state index is 0. The predicted octanol–water partition coefficient (Wildman–Crippen LogP) is 2.72. The van der Waals surface area contributed by atoms with Crippen LogP contribution in [0.4, 0.5) is 0 Å². The monoisotopic (exact) mass is 465 g/mol. The largest absolute Gasteiger partial charge is 0.356 e. The average Bonchev–Trinajstić information content (AvgIpc) is 3.06. The molecule has 25 heavy (non-hydrogen) atoms. The number of hydrogen-bond acceptors (Lipinski definition) is 3. The molecule has 0 radical (unpaired) electrons. The fraction of sp³-hybridized carbons (Fsp3) is 0.947. The van der Waals surface area contributed by atoms with Crippen LogP contribution in [0.1, 0.15) is 46.0 Å². The zero-order valence-corrected chi connectivity index (χ0v) is 19.2. The molecule has 2 fully saturated rings. The van der Waals surface area contributed by atoms with Crippen molar-refractivity contribution in [3.8, 4) is 0 Å². The number of hydrogen-bond donors (Lipinski definition) is 1. The minimum Gasteiger partial charge on any atom is -0.356 e.